The van der Waals surface area contributed by atoms with E-state index in [0.717, 1.165) is 5.56 Å². The van der Waals surface area contributed by atoms with Crippen molar-refractivity contribution < 1.29 is 13.9 Å². The van der Waals surface area contributed by atoms with Gasteiger partial charge in [-0.25, -0.2) is 4.39 Å². The second-order valence-electron chi connectivity index (χ2n) is 4.14. The van der Waals surface area contributed by atoms with Crippen LogP contribution in [0.25, 0.3) is 0 Å². The summed E-state index contributed by atoms with van der Waals surface area (Å²) in [5.74, 6) is -0.877. The van der Waals surface area contributed by atoms with Crippen LogP contribution in [0.3, 0.4) is 0 Å². The highest BCUT2D eigenvalue weighted by Gasteiger charge is 2.20. The van der Waals surface area contributed by atoms with Crippen molar-refractivity contribution in [3.05, 3.63) is 64.9 Å². The summed E-state index contributed by atoms with van der Waals surface area (Å²) in [7, 11) is 1.45. The van der Waals surface area contributed by atoms with Gasteiger partial charge in [0.2, 0.25) is 0 Å². The molecule has 0 radical (unpaired) electrons. The summed E-state index contributed by atoms with van der Waals surface area (Å²) in [6.07, 6.45) is -0.736. The van der Waals surface area contributed by atoms with Gasteiger partial charge in [-0.05, 0) is 23.8 Å². The third-order valence-corrected chi connectivity index (χ3v) is 3.05. The standard InChI is InChI=1S/C15H13ClFNO2/c1-20-14(10-5-3-2-4-6-10)15(19)18-11-7-8-13(17)12(16)9-11/h2-9,14H,1H3,(H,18,19)/t14-/m1/s1. The molecule has 0 aromatic heterocycles. The van der Waals surface area contributed by atoms with Gasteiger partial charge < -0.3 is 10.1 Å². The highest BCUT2D eigenvalue weighted by atomic mass is 35.5. The lowest BCUT2D eigenvalue weighted by Gasteiger charge is -2.15. The highest BCUT2D eigenvalue weighted by Crippen LogP contribution is 2.22. The van der Waals surface area contributed by atoms with E-state index >= 15 is 0 Å². The van der Waals surface area contributed by atoms with Crippen LogP contribution in [0, 0.1) is 5.82 Å². The van der Waals surface area contributed by atoms with Gasteiger partial charge in [0.25, 0.3) is 5.91 Å². The second-order valence-corrected chi connectivity index (χ2v) is 4.55. The minimum atomic E-state index is -0.736. The Labute approximate surface area is 121 Å². The van der Waals surface area contributed by atoms with E-state index in [1.54, 1.807) is 12.1 Å². The van der Waals surface area contributed by atoms with Crippen molar-refractivity contribution in [1.82, 2.24) is 0 Å². The van der Waals surface area contributed by atoms with Crippen LogP contribution in [0.15, 0.2) is 48.5 Å². The number of ether oxygens (including phenoxy) is 1. The molecule has 0 saturated heterocycles. The monoisotopic (exact) mass is 293 g/mol. The van der Waals surface area contributed by atoms with Gasteiger partial charge in [0.1, 0.15) is 5.82 Å². The van der Waals surface area contributed by atoms with E-state index in [0.29, 0.717) is 5.69 Å². The Kier molecular flexibility index (Phi) is 4.71. The van der Waals surface area contributed by atoms with E-state index in [4.69, 9.17) is 16.3 Å². The number of nitrogens with one attached hydrogen (secondary N) is 1. The minimum Gasteiger partial charge on any atom is -0.367 e. The van der Waals surface area contributed by atoms with E-state index < -0.39 is 11.9 Å². The third kappa shape index (κ3) is 3.35. The van der Waals surface area contributed by atoms with Gasteiger partial charge in [-0.2, -0.15) is 0 Å². The highest BCUT2D eigenvalue weighted by molar-refractivity contribution is 6.31. The molecule has 0 aliphatic carbocycles. The lowest BCUT2D eigenvalue weighted by atomic mass is 10.1. The van der Waals surface area contributed by atoms with Gasteiger partial charge in [0, 0.05) is 12.8 Å². The molecule has 0 bridgehead atoms. The summed E-state index contributed by atoms with van der Waals surface area (Å²) in [5, 5.41) is 2.60. The zero-order valence-electron chi connectivity index (χ0n) is 10.8. The number of benzene rings is 2. The van der Waals surface area contributed by atoms with E-state index in [1.165, 1.54) is 25.3 Å². The number of methoxy groups -OCH3 is 1. The predicted octanol–water partition coefficient (Wildman–Crippen LogP) is 3.81. The first-order chi connectivity index (χ1) is 9.61. The lowest BCUT2D eigenvalue weighted by molar-refractivity contribution is -0.126. The lowest BCUT2D eigenvalue weighted by Crippen LogP contribution is -2.22. The maximum absolute atomic E-state index is 13.1. The number of hydrogen-bond donors (Lipinski definition) is 1. The van der Waals surface area contributed by atoms with Crippen LogP contribution in [0.4, 0.5) is 10.1 Å². The van der Waals surface area contributed by atoms with E-state index in [9.17, 15) is 9.18 Å². The molecule has 0 saturated carbocycles. The normalized spacial score (nSPS) is 11.9. The molecular formula is C15H13ClFNO2. The van der Waals surface area contributed by atoms with Gasteiger partial charge in [0.15, 0.2) is 6.10 Å². The molecule has 0 heterocycles. The summed E-state index contributed by atoms with van der Waals surface area (Å²) in [4.78, 5) is 12.2. The van der Waals surface area contributed by atoms with E-state index in [-0.39, 0.29) is 10.9 Å². The average Bonchev–Trinajstić information content (AvgIpc) is 2.45. The van der Waals surface area contributed by atoms with Crippen LogP contribution in [0.2, 0.25) is 5.02 Å². The number of carbonyl (C=O) groups excluding carboxylic acids is 1. The van der Waals surface area contributed by atoms with Crippen molar-refractivity contribution in [2.75, 3.05) is 12.4 Å². The smallest absolute Gasteiger partial charge is 0.258 e. The van der Waals surface area contributed by atoms with E-state index in [2.05, 4.69) is 5.32 Å². The number of halogens is 2. The fourth-order valence-corrected chi connectivity index (χ4v) is 1.98. The molecule has 0 aliphatic heterocycles. The molecule has 2 aromatic rings. The SMILES string of the molecule is CO[C@@H](C(=O)Nc1ccc(F)c(Cl)c1)c1ccccc1. The van der Waals surface area contributed by atoms with Crippen molar-refractivity contribution in [2.45, 2.75) is 6.10 Å². The fourth-order valence-electron chi connectivity index (χ4n) is 1.80. The minimum absolute atomic E-state index is 0.0449. The Bertz CT molecular complexity index is 604. The Hall–Kier alpha value is -1.91. The van der Waals surface area contributed by atoms with Gasteiger partial charge >= 0.3 is 0 Å². The molecule has 104 valence electrons. The first kappa shape index (κ1) is 14.5. The molecule has 0 aliphatic rings. The van der Waals surface area contributed by atoms with Gasteiger partial charge in [0.05, 0.1) is 5.02 Å². The quantitative estimate of drug-likeness (QED) is 0.931. The summed E-state index contributed by atoms with van der Waals surface area (Å²) < 4.78 is 18.3. The van der Waals surface area contributed by atoms with Gasteiger partial charge in [-0.3, -0.25) is 4.79 Å². The molecule has 5 heteroatoms. The summed E-state index contributed by atoms with van der Waals surface area (Å²) in [6.45, 7) is 0. The van der Waals surface area contributed by atoms with Crippen LogP contribution < -0.4 is 5.32 Å². The molecule has 0 unspecified atom stereocenters. The molecule has 0 fully saturated rings. The molecule has 1 atom stereocenters. The Morgan fingerprint density at radius 1 is 1.25 bits per heavy atom. The summed E-state index contributed by atoms with van der Waals surface area (Å²) in [5.41, 5.74) is 1.15. The second kappa shape index (κ2) is 6.50. The molecular weight excluding hydrogens is 281 g/mol. The number of anilines is 1. The molecule has 20 heavy (non-hydrogen) atoms. The topological polar surface area (TPSA) is 38.3 Å². The predicted molar refractivity (Wildman–Crippen MR) is 76.2 cm³/mol. The molecule has 2 rings (SSSR count). The number of carbonyl (C=O) groups is 1. The Morgan fingerprint density at radius 2 is 1.95 bits per heavy atom. The molecule has 0 spiro atoms. The number of amides is 1. The molecule has 1 N–H and O–H groups in total. The Balaban J connectivity index is 2.15. The number of hydrogen-bond acceptors (Lipinski definition) is 2. The average molecular weight is 294 g/mol. The maximum Gasteiger partial charge on any atom is 0.258 e. The van der Waals surface area contributed by atoms with Crippen LogP contribution in [0.1, 0.15) is 11.7 Å². The van der Waals surface area contributed by atoms with Crippen molar-refractivity contribution >= 4 is 23.2 Å². The molecule has 1 amide bonds. The van der Waals surface area contributed by atoms with Crippen molar-refractivity contribution in [1.29, 1.82) is 0 Å². The van der Waals surface area contributed by atoms with E-state index in [1.807, 2.05) is 18.2 Å². The molecule has 2 aromatic carbocycles. The van der Waals surface area contributed by atoms with Gasteiger partial charge in [-0.15, -0.1) is 0 Å². The van der Waals surface area contributed by atoms with Crippen LogP contribution in [-0.2, 0) is 9.53 Å². The summed E-state index contributed by atoms with van der Waals surface area (Å²) >= 11 is 5.67. The van der Waals surface area contributed by atoms with Crippen molar-refractivity contribution in [2.24, 2.45) is 0 Å². The zero-order valence-corrected chi connectivity index (χ0v) is 11.5. The zero-order chi connectivity index (χ0) is 14.5. The summed E-state index contributed by atoms with van der Waals surface area (Å²) in [6, 6.07) is 13.1. The van der Waals surface area contributed by atoms with Crippen LogP contribution >= 0.6 is 11.6 Å². The Morgan fingerprint density at radius 3 is 2.55 bits per heavy atom. The third-order valence-electron chi connectivity index (χ3n) is 2.76. The fraction of sp³-hybridized carbons (Fsp3) is 0.133. The van der Waals surface area contributed by atoms with Crippen molar-refractivity contribution in [3.8, 4) is 0 Å². The largest absolute Gasteiger partial charge is 0.367 e. The number of rotatable bonds is 4. The van der Waals surface area contributed by atoms with Crippen LogP contribution in [-0.4, -0.2) is 13.0 Å². The van der Waals surface area contributed by atoms with Gasteiger partial charge in [-0.1, -0.05) is 41.9 Å². The first-order valence-corrected chi connectivity index (χ1v) is 6.33. The maximum atomic E-state index is 13.1. The molecule has 3 nitrogen and oxygen atoms in total. The first-order valence-electron chi connectivity index (χ1n) is 5.95. The van der Waals surface area contributed by atoms with Crippen molar-refractivity contribution in [3.63, 3.8) is 0 Å². The van der Waals surface area contributed by atoms with Crippen LogP contribution in [0.5, 0.6) is 0 Å².